The zero-order valence-corrected chi connectivity index (χ0v) is 30.1. The van der Waals surface area contributed by atoms with E-state index < -0.39 is 60.2 Å². The Bertz CT molecular complexity index is 1380. The van der Waals surface area contributed by atoms with E-state index in [2.05, 4.69) is 29.7 Å². The van der Waals surface area contributed by atoms with Crippen LogP contribution in [0.4, 0.5) is 22.0 Å². The van der Waals surface area contributed by atoms with Crippen LogP contribution in [0.25, 0.3) is 11.0 Å². The number of aromatic nitrogens is 2. The molecule has 1 fully saturated rings. The zero-order chi connectivity index (χ0) is 34.9. The van der Waals surface area contributed by atoms with Crippen molar-refractivity contribution in [2.75, 3.05) is 13.2 Å². The Balaban J connectivity index is 1.97. The smallest absolute Gasteiger partial charge is 0.364 e. The molecule has 3 atom stereocenters. The second-order valence-corrected chi connectivity index (χ2v) is 22.6. The van der Waals surface area contributed by atoms with Crippen molar-refractivity contribution < 1.29 is 40.4 Å². The van der Waals surface area contributed by atoms with Crippen molar-refractivity contribution in [3.05, 3.63) is 29.6 Å². The summed E-state index contributed by atoms with van der Waals surface area (Å²) in [4.78, 5) is 17.4. The average molecular weight is 697 g/mol. The molecular formula is C31H49F5N4O4SSi. The molecule has 0 saturated heterocycles. The Morgan fingerprint density at radius 3 is 2.33 bits per heavy atom. The third kappa shape index (κ3) is 10.5. The lowest BCUT2D eigenvalue weighted by Gasteiger charge is -2.34. The van der Waals surface area contributed by atoms with Gasteiger partial charge in [-0.25, -0.2) is 22.7 Å². The van der Waals surface area contributed by atoms with E-state index in [1.165, 1.54) is 0 Å². The molecule has 1 amide bonds. The molecule has 1 saturated carbocycles. The molecule has 0 unspecified atom stereocenters. The van der Waals surface area contributed by atoms with E-state index in [0.717, 1.165) is 19.9 Å². The maximum absolute atomic E-state index is 13.7. The number of imidazole rings is 1. The minimum Gasteiger partial charge on any atom is -0.364 e. The van der Waals surface area contributed by atoms with E-state index in [-0.39, 0.29) is 37.8 Å². The van der Waals surface area contributed by atoms with Gasteiger partial charge in [0.1, 0.15) is 18.6 Å². The SMILES string of the molecule is C[C@@H](NC(=O)CC1CC(F)(F)C1)c1ccc2nc([C@H](COC(C)(C)C(F)(F)F)N[S@](=O)C(C)(C)C)n(COCC[Si](C)(C)C)c2c1. The molecule has 0 bridgehead atoms. The molecule has 1 aliphatic carbocycles. The number of fused-ring (bicyclic) bond motifs is 1. The van der Waals surface area contributed by atoms with Gasteiger partial charge in [-0.1, -0.05) is 25.7 Å². The quantitative estimate of drug-likeness (QED) is 0.115. The fraction of sp³-hybridized carbons (Fsp3) is 0.742. The number of hydrogen-bond donors (Lipinski definition) is 2. The van der Waals surface area contributed by atoms with Gasteiger partial charge in [-0.05, 0) is 71.2 Å². The first-order valence-electron chi connectivity index (χ1n) is 15.5. The molecule has 0 radical (unpaired) electrons. The second kappa shape index (κ2) is 14.3. The highest BCUT2D eigenvalue weighted by Crippen LogP contribution is 2.44. The molecule has 1 aromatic carbocycles. The van der Waals surface area contributed by atoms with E-state index in [1.54, 1.807) is 44.4 Å². The average Bonchev–Trinajstić information content (AvgIpc) is 3.23. The summed E-state index contributed by atoms with van der Waals surface area (Å²) in [6.45, 7) is 15.5. The highest BCUT2D eigenvalue weighted by Gasteiger charge is 2.49. The van der Waals surface area contributed by atoms with Gasteiger partial charge in [0.05, 0.1) is 39.4 Å². The molecule has 8 nitrogen and oxygen atoms in total. The fourth-order valence-electron chi connectivity index (χ4n) is 4.78. The molecule has 46 heavy (non-hydrogen) atoms. The van der Waals surface area contributed by atoms with Crippen molar-refractivity contribution in [2.45, 2.75) is 128 Å². The van der Waals surface area contributed by atoms with E-state index >= 15 is 0 Å². The van der Waals surface area contributed by atoms with E-state index in [1.807, 2.05) is 6.07 Å². The van der Waals surface area contributed by atoms with Crippen LogP contribution in [0.2, 0.25) is 25.7 Å². The number of nitrogens with one attached hydrogen (secondary N) is 2. The van der Waals surface area contributed by atoms with Crippen LogP contribution in [-0.4, -0.2) is 63.4 Å². The van der Waals surface area contributed by atoms with Gasteiger partial charge in [0.15, 0.2) is 5.60 Å². The molecule has 15 heteroatoms. The summed E-state index contributed by atoms with van der Waals surface area (Å²) >= 11 is 0. The van der Waals surface area contributed by atoms with Crippen LogP contribution in [0.1, 0.15) is 84.3 Å². The standard InChI is InChI=1S/C31H49F5N4O4SSi/c1-20(37-26(41)14-21-16-30(32,33)17-21)22-10-11-23-25(15-22)40(19-43-12-13-46(7,8)9)27(38-23)24(39-45(42)28(2,3)4)18-44-29(5,6)31(34,35)36/h10-11,15,20-21,24,39H,12-14,16-19H2,1-9H3,(H,37,41)/t20-,24+,45-/m1/s1. The monoisotopic (exact) mass is 696 g/mol. The number of hydrogen-bond acceptors (Lipinski definition) is 5. The summed E-state index contributed by atoms with van der Waals surface area (Å²) in [6.07, 6.45) is -5.21. The summed E-state index contributed by atoms with van der Waals surface area (Å²) < 4.78 is 96.3. The molecule has 0 aliphatic heterocycles. The van der Waals surface area contributed by atoms with Crippen molar-refractivity contribution in [3.63, 3.8) is 0 Å². The van der Waals surface area contributed by atoms with Gasteiger partial charge in [-0.2, -0.15) is 13.2 Å². The predicted octanol–water partition coefficient (Wildman–Crippen LogP) is 7.41. The van der Waals surface area contributed by atoms with Gasteiger partial charge in [0.2, 0.25) is 11.8 Å². The first-order chi connectivity index (χ1) is 20.9. The van der Waals surface area contributed by atoms with E-state index in [4.69, 9.17) is 14.5 Å². The van der Waals surface area contributed by atoms with Crippen LogP contribution < -0.4 is 10.0 Å². The minimum atomic E-state index is -4.64. The van der Waals surface area contributed by atoms with Crippen molar-refractivity contribution in [2.24, 2.45) is 5.92 Å². The molecule has 1 heterocycles. The number of ether oxygens (including phenoxy) is 2. The molecule has 262 valence electrons. The fourth-order valence-corrected chi connectivity index (χ4v) is 6.32. The van der Waals surface area contributed by atoms with E-state index in [9.17, 15) is 31.0 Å². The molecule has 0 spiro atoms. The summed E-state index contributed by atoms with van der Waals surface area (Å²) in [7, 11) is -3.12. The lowest BCUT2D eigenvalue weighted by molar-refractivity contribution is -0.265. The number of rotatable bonds is 15. The first kappa shape index (κ1) is 38.5. The minimum absolute atomic E-state index is 0.0156. The van der Waals surface area contributed by atoms with Gasteiger partial charge < -0.3 is 19.4 Å². The largest absolute Gasteiger partial charge is 0.416 e. The van der Waals surface area contributed by atoms with Crippen LogP contribution in [-0.2, 0) is 32.0 Å². The normalized spacial score (nSPS) is 18.3. The van der Waals surface area contributed by atoms with E-state index in [0.29, 0.717) is 29.0 Å². The number of carbonyl (C=O) groups excluding carboxylic acids is 1. The van der Waals surface area contributed by atoms with Crippen LogP contribution >= 0.6 is 0 Å². The Hall–Kier alpha value is -1.94. The summed E-state index contributed by atoms with van der Waals surface area (Å²) in [5, 5.41) is 2.88. The van der Waals surface area contributed by atoms with Crippen molar-refractivity contribution in [1.29, 1.82) is 0 Å². The first-order valence-corrected chi connectivity index (χ1v) is 20.4. The predicted molar refractivity (Wildman–Crippen MR) is 173 cm³/mol. The zero-order valence-electron chi connectivity index (χ0n) is 28.2. The van der Waals surface area contributed by atoms with Crippen molar-refractivity contribution in [3.8, 4) is 0 Å². The van der Waals surface area contributed by atoms with Crippen molar-refractivity contribution >= 4 is 36.0 Å². The molecule has 1 aliphatic rings. The lowest BCUT2D eigenvalue weighted by Crippen LogP contribution is -2.45. The third-order valence-corrected chi connectivity index (χ3v) is 11.3. The maximum atomic E-state index is 13.7. The number of nitrogens with zero attached hydrogens (tertiary/aromatic N) is 2. The summed E-state index contributed by atoms with van der Waals surface area (Å²) in [5.74, 6) is -3.09. The van der Waals surface area contributed by atoms with Gasteiger partial charge in [-0.3, -0.25) is 4.79 Å². The van der Waals surface area contributed by atoms with Crippen LogP contribution in [0, 0.1) is 5.92 Å². The molecule has 1 aromatic heterocycles. The Kier molecular flexibility index (Phi) is 11.9. The number of benzene rings is 1. The second-order valence-electron chi connectivity index (χ2n) is 15.0. The van der Waals surface area contributed by atoms with Gasteiger partial charge >= 0.3 is 6.18 Å². The van der Waals surface area contributed by atoms with Gasteiger partial charge in [0, 0.05) is 33.9 Å². The van der Waals surface area contributed by atoms with Crippen LogP contribution in [0.5, 0.6) is 0 Å². The summed E-state index contributed by atoms with van der Waals surface area (Å²) in [6, 6.07) is 4.74. The Morgan fingerprint density at radius 1 is 1.15 bits per heavy atom. The Morgan fingerprint density at radius 2 is 1.78 bits per heavy atom. The number of halogens is 5. The summed E-state index contributed by atoms with van der Waals surface area (Å²) in [5.41, 5.74) is -0.640. The molecular weight excluding hydrogens is 648 g/mol. The third-order valence-electron chi connectivity index (χ3n) is 7.96. The maximum Gasteiger partial charge on any atom is 0.416 e. The van der Waals surface area contributed by atoms with Gasteiger partial charge in [-0.15, -0.1) is 0 Å². The van der Waals surface area contributed by atoms with Gasteiger partial charge in [0.25, 0.3) is 0 Å². The van der Waals surface area contributed by atoms with Crippen molar-refractivity contribution in [1.82, 2.24) is 19.6 Å². The number of alkyl halides is 5. The number of amides is 1. The van der Waals surface area contributed by atoms with Crippen LogP contribution in [0.3, 0.4) is 0 Å². The highest BCUT2D eigenvalue weighted by molar-refractivity contribution is 7.84. The topological polar surface area (TPSA) is 94.5 Å². The number of carbonyl (C=O) groups is 1. The van der Waals surface area contributed by atoms with Crippen LogP contribution in [0.15, 0.2) is 18.2 Å². The lowest BCUT2D eigenvalue weighted by atomic mass is 9.79. The Labute approximate surface area is 272 Å². The molecule has 2 N–H and O–H groups in total. The molecule has 2 aromatic rings. The highest BCUT2D eigenvalue weighted by atomic mass is 32.2. The molecule has 3 rings (SSSR count).